The first-order chi connectivity index (χ1) is 23.9. The van der Waals surface area contributed by atoms with Crippen molar-refractivity contribution in [3.8, 4) is 6.07 Å². The summed E-state index contributed by atoms with van der Waals surface area (Å²) in [5.74, 6) is 0.0580. The lowest BCUT2D eigenvalue weighted by molar-refractivity contribution is -0.519. The zero-order valence-corrected chi connectivity index (χ0v) is 28.3. The Bertz CT molecular complexity index is 2350. The zero-order valence-electron chi connectivity index (χ0n) is 28.3. The van der Waals surface area contributed by atoms with Crippen LogP contribution in [0, 0.1) is 17.9 Å². The van der Waals surface area contributed by atoms with Gasteiger partial charge >= 0.3 is 0 Å². The molecular weight excluding hydrogens is 603 g/mol. The Kier molecular flexibility index (Phi) is 8.02. The van der Waals surface area contributed by atoms with E-state index in [4.69, 9.17) is 12.3 Å². The fourth-order valence-corrected chi connectivity index (χ4v) is 7.91. The van der Waals surface area contributed by atoms with Crippen molar-refractivity contribution >= 4 is 49.8 Å². The number of nitriles is 1. The van der Waals surface area contributed by atoms with Gasteiger partial charge in [0.25, 0.3) is 5.70 Å². The second-order valence-electron chi connectivity index (χ2n) is 12.2. The van der Waals surface area contributed by atoms with Crippen LogP contribution in [0.5, 0.6) is 0 Å². The summed E-state index contributed by atoms with van der Waals surface area (Å²) in [4.78, 5) is 6.08. The van der Waals surface area contributed by atoms with Crippen molar-refractivity contribution < 1.29 is 9.68 Å². The van der Waals surface area contributed by atoms with Crippen LogP contribution in [0.4, 0.5) is 11.4 Å². The fourth-order valence-electron chi connectivity index (χ4n) is 7.91. The summed E-state index contributed by atoms with van der Waals surface area (Å²) < 4.78 is 2.36. The van der Waals surface area contributed by atoms with Crippen LogP contribution in [-0.4, -0.2) is 41.6 Å². The van der Waals surface area contributed by atoms with Crippen molar-refractivity contribution in [2.75, 3.05) is 36.8 Å². The molecule has 0 aliphatic heterocycles. The topological polar surface area (TPSA) is 80.7 Å². The molecule has 0 radical (unpaired) electrons. The summed E-state index contributed by atoms with van der Waals surface area (Å²) in [7, 11) is 0. The maximum Gasteiger partial charge on any atom is 0.270 e. The van der Waals surface area contributed by atoms with Gasteiger partial charge in [0, 0.05) is 62.8 Å². The summed E-state index contributed by atoms with van der Waals surface area (Å²) in [6.07, 6.45) is 0. The van der Waals surface area contributed by atoms with E-state index in [0.29, 0.717) is 22.4 Å². The van der Waals surface area contributed by atoms with Crippen LogP contribution in [0.1, 0.15) is 55.5 Å². The minimum atomic E-state index is -0.0664. The molecule has 6 heteroatoms. The summed E-state index contributed by atoms with van der Waals surface area (Å²) in [5, 5.41) is 26.6. The van der Waals surface area contributed by atoms with Crippen LogP contribution in [0.3, 0.4) is 0 Å². The lowest BCUT2D eigenvalue weighted by Crippen LogP contribution is -2.29. The van der Waals surface area contributed by atoms with Gasteiger partial charge in [-0.05, 0) is 62.4 Å². The highest BCUT2D eigenvalue weighted by molar-refractivity contribution is 6.26. The third kappa shape index (κ3) is 4.56. The number of aliphatic hydroxyl groups excluding tert-OH is 1. The van der Waals surface area contributed by atoms with Crippen LogP contribution in [0.25, 0.3) is 37.5 Å². The number of allylic oxidation sites excluding steroid dienone is 3. The summed E-state index contributed by atoms with van der Waals surface area (Å²) in [6, 6.07) is 32.7. The SMILES string of the molecule is [C-]#[N+]/C(C#N)=C1\C(=C2c3ccccc3C(=[N+](CC)CC)c3ccccc32)C(O)=C1c1c2ccccc2c(N(CC)CC)c2cccc(N)c12. The number of anilines is 2. The molecule has 0 unspecified atom stereocenters. The van der Waals surface area contributed by atoms with Gasteiger partial charge in [-0.3, -0.25) is 0 Å². The van der Waals surface area contributed by atoms with Gasteiger partial charge in [-0.25, -0.2) is 14.7 Å². The van der Waals surface area contributed by atoms with E-state index in [1.54, 1.807) is 0 Å². The molecule has 2 aliphatic carbocycles. The van der Waals surface area contributed by atoms with E-state index < -0.39 is 0 Å². The number of fused-ring (bicyclic) bond motifs is 4. The zero-order chi connectivity index (χ0) is 34.4. The molecule has 240 valence electrons. The van der Waals surface area contributed by atoms with Crippen molar-refractivity contribution in [3.05, 3.63) is 153 Å². The molecule has 0 spiro atoms. The molecule has 0 amide bonds. The predicted octanol–water partition coefficient (Wildman–Crippen LogP) is 9.11. The monoisotopic (exact) mass is 640 g/mol. The van der Waals surface area contributed by atoms with Crippen LogP contribution in [0.2, 0.25) is 0 Å². The molecule has 0 heterocycles. The smallest absolute Gasteiger partial charge is 0.270 e. The second-order valence-corrected chi connectivity index (χ2v) is 12.2. The highest BCUT2D eigenvalue weighted by Gasteiger charge is 2.42. The van der Waals surface area contributed by atoms with E-state index >= 15 is 0 Å². The molecule has 7 rings (SSSR count). The lowest BCUT2D eigenvalue weighted by atomic mass is 9.69. The number of hydrogen-bond donors (Lipinski definition) is 2. The Balaban J connectivity index is 1.68. The van der Waals surface area contributed by atoms with Gasteiger partial charge in [0.05, 0.1) is 29.5 Å². The number of benzene rings is 5. The first-order valence-electron chi connectivity index (χ1n) is 16.9. The van der Waals surface area contributed by atoms with E-state index in [9.17, 15) is 10.4 Å². The standard InChI is InChI=1S/C43H37N5O/c1-6-47(7-2)41-29-20-13-10-17-26(29)35(27-18-11-14-21-30(27)41)39-38(34(25-44)46-5)40(43(39)49)37-28-19-12-15-22-31(28)42(48(8-3)9-4)32-23-16-24-33(45)36(32)37/h10-24H,6-9,45H2,1-4H3/p+1/b38-34+. The largest absolute Gasteiger partial charge is 0.507 e. The minimum Gasteiger partial charge on any atom is -0.507 e. The van der Waals surface area contributed by atoms with E-state index in [-0.39, 0.29) is 11.5 Å². The Hall–Kier alpha value is -6.11. The van der Waals surface area contributed by atoms with Gasteiger partial charge in [-0.2, -0.15) is 0 Å². The van der Waals surface area contributed by atoms with Crippen molar-refractivity contribution in [2.45, 2.75) is 27.7 Å². The molecule has 2 aliphatic rings. The van der Waals surface area contributed by atoms with Crippen LogP contribution in [0.15, 0.2) is 114 Å². The average Bonchev–Trinajstić information content (AvgIpc) is 3.14. The third-order valence-electron chi connectivity index (χ3n) is 10.0. The van der Waals surface area contributed by atoms with E-state index in [0.717, 1.165) is 92.5 Å². The summed E-state index contributed by atoms with van der Waals surface area (Å²) in [5.41, 5.74) is 16.6. The number of nitrogens with zero attached hydrogens (tertiary/aromatic N) is 4. The van der Waals surface area contributed by atoms with E-state index in [2.05, 4.69) is 84.5 Å². The third-order valence-corrected chi connectivity index (χ3v) is 10.0. The Morgan fingerprint density at radius 1 is 0.755 bits per heavy atom. The van der Waals surface area contributed by atoms with Gasteiger partial charge in [-0.1, -0.05) is 72.8 Å². The molecular formula is C43H38N5O+. The highest BCUT2D eigenvalue weighted by Crippen LogP contribution is 2.56. The first-order valence-corrected chi connectivity index (χ1v) is 16.9. The van der Waals surface area contributed by atoms with Crippen molar-refractivity contribution in [2.24, 2.45) is 0 Å². The molecule has 0 saturated heterocycles. The maximum atomic E-state index is 12.5. The van der Waals surface area contributed by atoms with Crippen molar-refractivity contribution in [1.29, 1.82) is 5.26 Å². The van der Waals surface area contributed by atoms with E-state index in [1.807, 2.05) is 54.6 Å². The highest BCUT2D eigenvalue weighted by atomic mass is 16.3. The number of nitrogen functional groups attached to an aromatic ring is 1. The first kappa shape index (κ1) is 31.5. The average molecular weight is 641 g/mol. The maximum absolute atomic E-state index is 12.5. The molecule has 0 fully saturated rings. The normalized spacial score (nSPS) is 14.6. The molecule has 6 nitrogen and oxygen atoms in total. The Labute approximate surface area is 287 Å². The van der Waals surface area contributed by atoms with E-state index in [1.165, 1.54) is 0 Å². The van der Waals surface area contributed by atoms with Gasteiger partial charge in [0.15, 0.2) is 0 Å². The number of hydrogen-bond acceptors (Lipinski definition) is 4. The van der Waals surface area contributed by atoms with Crippen LogP contribution in [-0.2, 0) is 0 Å². The second kappa shape index (κ2) is 12.5. The molecule has 0 aromatic heterocycles. The molecule has 0 saturated carbocycles. The Morgan fingerprint density at radius 3 is 1.86 bits per heavy atom. The van der Waals surface area contributed by atoms with Crippen LogP contribution < -0.4 is 10.6 Å². The van der Waals surface area contributed by atoms with Crippen LogP contribution >= 0.6 is 0 Å². The quantitative estimate of drug-likeness (QED) is 0.0626. The Morgan fingerprint density at radius 2 is 1.31 bits per heavy atom. The van der Waals surface area contributed by atoms with Crippen molar-refractivity contribution in [1.82, 2.24) is 0 Å². The number of rotatable bonds is 6. The predicted molar refractivity (Wildman–Crippen MR) is 202 cm³/mol. The number of aliphatic hydroxyl groups is 1. The lowest BCUT2D eigenvalue weighted by Gasteiger charge is -2.35. The summed E-state index contributed by atoms with van der Waals surface area (Å²) in [6.45, 7) is 20.0. The molecule has 3 N–H and O–H groups in total. The molecule has 0 atom stereocenters. The van der Waals surface area contributed by atoms with Gasteiger partial charge in [0.1, 0.15) is 18.8 Å². The van der Waals surface area contributed by atoms with Gasteiger partial charge < -0.3 is 15.7 Å². The van der Waals surface area contributed by atoms with Gasteiger partial charge in [0.2, 0.25) is 5.71 Å². The fraction of sp³-hybridized carbons (Fsp3) is 0.186. The van der Waals surface area contributed by atoms with Crippen molar-refractivity contribution in [3.63, 3.8) is 0 Å². The minimum absolute atomic E-state index is 0.0580. The molecule has 5 aromatic carbocycles. The molecule has 0 bridgehead atoms. The van der Waals surface area contributed by atoms with Gasteiger partial charge in [-0.15, -0.1) is 0 Å². The summed E-state index contributed by atoms with van der Waals surface area (Å²) >= 11 is 0. The number of nitrogens with two attached hydrogens (primary N) is 1. The molecule has 5 aromatic rings. The molecule has 49 heavy (non-hydrogen) atoms.